The van der Waals surface area contributed by atoms with Crippen LogP contribution in [0.15, 0.2) is 12.1 Å². The second kappa shape index (κ2) is 5.46. The first kappa shape index (κ1) is 13.2. The predicted molar refractivity (Wildman–Crippen MR) is 60.0 cm³/mol. The number of hydrogen-bond donors (Lipinski definition) is 4. The lowest BCUT2D eigenvalue weighted by Crippen LogP contribution is -2.26. The standard InChI is InChI=1S/C10H15N3O4/c1-17-10-5(11)2-3-6(13-10)9(16)7(14)4-8(12)15/h2-3,7,9,14,16H,4,11H2,1H3,(H2,12,15). The first-order chi connectivity index (χ1) is 7.95. The Morgan fingerprint density at radius 1 is 1.53 bits per heavy atom. The van der Waals surface area contributed by atoms with Gasteiger partial charge in [0.05, 0.1) is 31.0 Å². The van der Waals surface area contributed by atoms with Crippen molar-refractivity contribution in [1.82, 2.24) is 4.98 Å². The second-order valence-electron chi connectivity index (χ2n) is 3.52. The number of methoxy groups -OCH3 is 1. The maximum Gasteiger partial charge on any atom is 0.237 e. The lowest BCUT2D eigenvalue weighted by Gasteiger charge is -2.16. The van der Waals surface area contributed by atoms with Crippen LogP contribution in [-0.2, 0) is 4.79 Å². The maximum absolute atomic E-state index is 10.6. The predicted octanol–water partition coefficient (Wildman–Crippen LogP) is -1.06. The molecule has 1 aromatic rings. The van der Waals surface area contributed by atoms with Crippen molar-refractivity contribution in [3.05, 3.63) is 17.8 Å². The average molecular weight is 241 g/mol. The Morgan fingerprint density at radius 3 is 2.71 bits per heavy atom. The van der Waals surface area contributed by atoms with Crippen LogP contribution in [-0.4, -0.2) is 34.3 Å². The number of rotatable bonds is 5. The minimum atomic E-state index is -1.32. The molecule has 94 valence electrons. The van der Waals surface area contributed by atoms with Crippen LogP contribution in [0.1, 0.15) is 18.2 Å². The molecule has 0 bridgehead atoms. The molecule has 1 heterocycles. The minimum Gasteiger partial charge on any atom is -0.480 e. The number of primary amides is 1. The fourth-order valence-electron chi connectivity index (χ4n) is 1.31. The highest BCUT2D eigenvalue weighted by atomic mass is 16.5. The molecule has 0 aromatic carbocycles. The Labute approximate surface area is 98.0 Å². The fourth-order valence-corrected chi connectivity index (χ4v) is 1.31. The van der Waals surface area contributed by atoms with Gasteiger partial charge in [-0.3, -0.25) is 4.79 Å². The molecule has 0 spiro atoms. The van der Waals surface area contributed by atoms with E-state index < -0.39 is 18.1 Å². The van der Waals surface area contributed by atoms with Gasteiger partial charge >= 0.3 is 0 Å². The zero-order valence-electron chi connectivity index (χ0n) is 9.33. The molecule has 7 heteroatoms. The van der Waals surface area contributed by atoms with Crippen molar-refractivity contribution in [2.45, 2.75) is 18.6 Å². The van der Waals surface area contributed by atoms with Crippen molar-refractivity contribution in [1.29, 1.82) is 0 Å². The van der Waals surface area contributed by atoms with Crippen molar-refractivity contribution in [3.63, 3.8) is 0 Å². The van der Waals surface area contributed by atoms with E-state index in [0.29, 0.717) is 5.69 Å². The monoisotopic (exact) mass is 241 g/mol. The van der Waals surface area contributed by atoms with Gasteiger partial charge in [-0.2, -0.15) is 0 Å². The Balaban J connectivity index is 2.88. The van der Waals surface area contributed by atoms with E-state index >= 15 is 0 Å². The molecule has 7 nitrogen and oxygen atoms in total. The number of aliphatic hydroxyl groups excluding tert-OH is 2. The Bertz CT molecular complexity index is 411. The molecule has 0 aliphatic rings. The van der Waals surface area contributed by atoms with E-state index in [0.717, 1.165) is 0 Å². The average Bonchev–Trinajstić information content (AvgIpc) is 2.27. The zero-order valence-corrected chi connectivity index (χ0v) is 9.33. The van der Waals surface area contributed by atoms with Crippen molar-refractivity contribution < 1.29 is 19.7 Å². The van der Waals surface area contributed by atoms with Crippen molar-refractivity contribution in [3.8, 4) is 5.88 Å². The summed E-state index contributed by atoms with van der Waals surface area (Å²) in [6, 6.07) is 2.92. The number of pyridine rings is 1. The lowest BCUT2D eigenvalue weighted by molar-refractivity contribution is -0.121. The SMILES string of the molecule is COc1nc(C(O)C(O)CC(N)=O)ccc1N. The van der Waals surface area contributed by atoms with Gasteiger partial charge in [0.1, 0.15) is 6.10 Å². The molecule has 2 unspecified atom stereocenters. The van der Waals surface area contributed by atoms with Gasteiger partial charge in [0.15, 0.2) is 0 Å². The number of aliphatic hydroxyl groups is 2. The zero-order chi connectivity index (χ0) is 13.0. The van der Waals surface area contributed by atoms with Gasteiger partial charge in [-0.1, -0.05) is 0 Å². The first-order valence-corrected chi connectivity index (χ1v) is 4.90. The molecule has 0 saturated carbocycles. The number of anilines is 1. The first-order valence-electron chi connectivity index (χ1n) is 4.90. The van der Waals surface area contributed by atoms with E-state index in [1.165, 1.54) is 19.2 Å². The summed E-state index contributed by atoms with van der Waals surface area (Å²) in [6.07, 6.45) is -2.99. The number of nitrogens with two attached hydrogens (primary N) is 2. The van der Waals surface area contributed by atoms with Gasteiger partial charge in [-0.05, 0) is 12.1 Å². The van der Waals surface area contributed by atoms with Crippen LogP contribution in [0.4, 0.5) is 5.69 Å². The highest BCUT2D eigenvalue weighted by Gasteiger charge is 2.22. The van der Waals surface area contributed by atoms with Crippen LogP contribution in [0, 0.1) is 0 Å². The number of ether oxygens (including phenoxy) is 1. The Kier molecular flexibility index (Phi) is 4.24. The molecule has 0 aliphatic carbocycles. The molecule has 0 fully saturated rings. The summed E-state index contributed by atoms with van der Waals surface area (Å²) in [7, 11) is 1.38. The Hall–Kier alpha value is -1.86. The largest absolute Gasteiger partial charge is 0.480 e. The lowest BCUT2D eigenvalue weighted by atomic mass is 10.1. The molecule has 1 amide bonds. The summed E-state index contributed by atoms with van der Waals surface area (Å²) >= 11 is 0. The summed E-state index contributed by atoms with van der Waals surface area (Å²) in [5, 5.41) is 19.2. The number of aromatic nitrogens is 1. The van der Waals surface area contributed by atoms with Crippen molar-refractivity contribution in [2.75, 3.05) is 12.8 Å². The van der Waals surface area contributed by atoms with Gasteiger partial charge in [0.2, 0.25) is 11.8 Å². The van der Waals surface area contributed by atoms with Gasteiger partial charge in [0, 0.05) is 0 Å². The summed E-state index contributed by atoms with van der Waals surface area (Å²) in [4.78, 5) is 14.5. The van der Waals surface area contributed by atoms with Crippen LogP contribution in [0.25, 0.3) is 0 Å². The summed E-state index contributed by atoms with van der Waals surface area (Å²) in [5.41, 5.74) is 10.9. The third kappa shape index (κ3) is 3.30. The molecule has 6 N–H and O–H groups in total. The van der Waals surface area contributed by atoms with Crippen molar-refractivity contribution >= 4 is 11.6 Å². The summed E-state index contributed by atoms with van der Waals surface area (Å²) < 4.78 is 4.88. The van der Waals surface area contributed by atoms with Crippen LogP contribution in [0.3, 0.4) is 0 Å². The molecular weight excluding hydrogens is 226 g/mol. The normalized spacial score (nSPS) is 14.1. The number of carbonyl (C=O) groups is 1. The Morgan fingerprint density at radius 2 is 2.18 bits per heavy atom. The smallest absolute Gasteiger partial charge is 0.237 e. The van der Waals surface area contributed by atoms with Gasteiger partial charge in [0.25, 0.3) is 0 Å². The van der Waals surface area contributed by atoms with E-state index in [1.54, 1.807) is 0 Å². The van der Waals surface area contributed by atoms with Crippen molar-refractivity contribution in [2.24, 2.45) is 5.73 Å². The van der Waals surface area contributed by atoms with E-state index in [4.69, 9.17) is 16.2 Å². The maximum atomic E-state index is 10.6. The topological polar surface area (TPSA) is 132 Å². The number of amides is 1. The third-order valence-corrected chi connectivity index (χ3v) is 2.18. The molecule has 2 atom stereocenters. The molecule has 1 aromatic heterocycles. The quantitative estimate of drug-likeness (QED) is 0.519. The molecule has 1 rings (SSSR count). The number of nitrogen functional groups attached to an aromatic ring is 1. The van der Waals surface area contributed by atoms with E-state index in [9.17, 15) is 15.0 Å². The van der Waals surface area contributed by atoms with Crippen LogP contribution >= 0.6 is 0 Å². The van der Waals surface area contributed by atoms with E-state index in [1.807, 2.05) is 0 Å². The molecule has 0 saturated heterocycles. The minimum absolute atomic E-state index is 0.146. The molecule has 17 heavy (non-hydrogen) atoms. The summed E-state index contributed by atoms with van der Waals surface area (Å²) in [5.74, 6) is -0.563. The van der Waals surface area contributed by atoms with Crippen LogP contribution in [0.5, 0.6) is 5.88 Å². The van der Waals surface area contributed by atoms with Gasteiger partial charge in [-0.25, -0.2) is 4.98 Å². The fraction of sp³-hybridized carbons (Fsp3) is 0.400. The van der Waals surface area contributed by atoms with Crippen LogP contribution < -0.4 is 16.2 Å². The second-order valence-corrected chi connectivity index (χ2v) is 3.52. The van der Waals surface area contributed by atoms with Gasteiger partial charge in [-0.15, -0.1) is 0 Å². The number of nitrogens with zero attached hydrogens (tertiary/aromatic N) is 1. The highest BCUT2D eigenvalue weighted by molar-refractivity contribution is 5.74. The number of carbonyl (C=O) groups excluding carboxylic acids is 1. The van der Waals surface area contributed by atoms with Crippen LogP contribution in [0.2, 0.25) is 0 Å². The highest BCUT2D eigenvalue weighted by Crippen LogP contribution is 2.23. The van der Waals surface area contributed by atoms with Gasteiger partial charge < -0.3 is 26.4 Å². The molecular formula is C10H15N3O4. The van der Waals surface area contributed by atoms with E-state index in [2.05, 4.69) is 4.98 Å². The molecule has 0 radical (unpaired) electrons. The summed E-state index contributed by atoms with van der Waals surface area (Å²) in [6.45, 7) is 0. The van der Waals surface area contributed by atoms with E-state index in [-0.39, 0.29) is 18.0 Å². The number of hydrogen-bond acceptors (Lipinski definition) is 6. The third-order valence-electron chi connectivity index (χ3n) is 2.18. The molecule has 0 aliphatic heterocycles.